The molecule has 0 saturated heterocycles. The van der Waals surface area contributed by atoms with Gasteiger partial charge in [0.15, 0.2) is 0 Å². The van der Waals surface area contributed by atoms with E-state index in [9.17, 15) is 9.59 Å². The van der Waals surface area contributed by atoms with Crippen molar-refractivity contribution >= 4 is 56.6 Å². The van der Waals surface area contributed by atoms with Crippen molar-refractivity contribution in [2.24, 2.45) is 0 Å². The van der Waals surface area contributed by atoms with Gasteiger partial charge in [-0.05, 0) is 28.1 Å². The minimum Gasteiger partial charge on any atom is -0.335 e. The van der Waals surface area contributed by atoms with Crippen LogP contribution in [0.5, 0.6) is 0 Å². The Morgan fingerprint density at radius 1 is 1.28 bits per heavy atom. The maximum atomic E-state index is 11.4. The fourth-order valence-electron chi connectivity index (χ4n) is 1.00. The van der Waals surface area contributed by atoms with Crippen molar-refractivity contribution in [3.8, 4) is 6.07 Å². The van der Waals surface area contributed by atoms with Gasteiger partial charge in [0.2, 0.25) is 0 Å². The number of amides is 2. The van der Waals surface area contributed by atoms with E-state index in [4.69, 9.17) is 28.5 Å². The molecule has 18 heavy (non-hydrogen) atoms. The average molecular weight is 351 g/mol. The molecule has 0 spiro atoms. The van der Waals surface area contributed by atoms with E-state index in [0.717, 1.165) is 0 Å². The van der Waals surface area contributed by atoms with Crippen LogP contribution in [0.25, 0.3) is 0 Å². The predicted molar refractivity (Wildman–Crippen MR) is 71.4 cm³/mol. The highest BCUT2D eigenvalue weighted by Gasteiger charge is 2.16. The Hall–Kier alpha value is -1.29. The lowest BCUT2D eigenvalue weighted by Crippen LogP contribution is -2.35. The van der Waals surface area contributed by atoms with Crippen LogP contribution in [0.3, 0.4) is 0 Å². The molecule has 1 rings (SSSR count). The van der Waals surface area contributed by atoms with Gasteiger partial charge in [-0.15, -0.1) is 0 Å². The summed E-state index contributed by atoms with van der Waals surface area (Å²) in [6.45, 7) is -0.249. The molecule has 0 aliphatic rings. The lowest BCUT2D eigenvalue weighted by atomic mass is 10.3. The Morgan fingerprint density at radius 2 is 1.94 bits per heavy atom. The first kappa shape index (κ1) is 14.8. The van der Waals surface area contributed by atoms with Crippen LogP contribution < -0.4 is 10.6 Å². The van der Waals surface area contributed by atoms with Crippen molar-refractivity contribution in [1.82, 2.24) is 5.32 Å². The summed E-state index contributed by atoms with van der Waals surface area (Å²) in [7, 11) is 0. The van der Waals surface area contributed by atoms with Crippen molar-refractivity contribution < 1.29 is 9.59 Å². The van der Waals surface area contributed by atoms with E-state index in [1.165, 1.54) is 6.07 Å². The highest BCUT2D eigenvalue weighted by Crippen LogP contribution is 2.35. The van der Waals surface area contributed by atoms with E-state index < -0.39 is 11.8 Å². The minimum absolute atomic E-state index is 0.118. The predicted octanol–water partition coefficient (Wildman–Crippen LogP) is 2.33. The second kappa shape index (κ2) is 6.59. The molecule has 0 heterocycles. The number of nitriles is 1. The van der Waals surface area contributed by atoms with Gasteiger partial charge in [0.1, 0.15) is 6.54 Å². The third-order valence-corrected chi connectivity index (χ3v) is 3.59. The summed E-state index contributed by atoms with van der Waals surface area (Å²) in [6.07, 6.45) is 0. The third kappa shape index (κ3) is 3.60. The summed E-state index contributed by atoms with van der Waals surface area (Å²) in [5.41, 5.74) is 0.210. The van der Waals surface area contributed by atoms with Crippen LogP contribution in [0.15, 0.2) is 16.6 Å². The lowest BCUT2D eigenvalue weighted by Gasteiger charge is -2.08. The highest BCUT2D eigenvalue weighted by atomic mass is 79.9. The molecule has 8 heteroatoms. The Kier molecular flexibility index (Phi) is 5.41. The number of benzene rings is 1. The molecule has 2 amide bonds. The van der Waals surface area contributed by atoms with Crippen molar-refractivity contribution in [2.45, 2.75) is 0 Å². The molecule has 0 saturated carbocycles. The minimum atomic E-state index is -0.925. The average Bonchev–Trinajstić information content (AvgIpc) is 2.36. The number of carbonyl (C=O) groups excluding carboxylic acids is 2. The second-order valence-electron chi connectivity index (χ2n) is 3.02. The monoisotopic (exact) mass is 349 g/mol. The zero-order valence-electron chi connectivity index (χ0n) is 8.76. The SMILES string of the molecule is N#CCNC(=O)C(=O)Nc1ccc(Br)c(Cl)c1Cl. The molecular weight excluding hydrogens is 345 g/mol. The highest BCUT2D eigenvalue weighted by molar-refractivity contribution is 9.10. The topological polar surface area (TPSA) is 82.0 Å². The van der Waals surface area contributed by atoms with Gasteiger partial charge in [-0.25, -0.2) is 0 Å². The van der Waals surface area contributed by atoms with E-state index in [0.29, 0.717) is 4.47 Å². The largest absolute Gasteiger partial charge is 0.335 e. The van der Waals surface area contributed by atoms with Gasteiger partial charge in [0.05, 0.1) is 21.8 Å². The number of carbonyl (C=O) groups is 2. The van der Waals surface area contributed by atoms with Crippen LogP contribution in [0.2, 0.25) is 10.0 Å². The van der Waals surface area contributed by atoms with E-state index in [2.05, 4.69) is 26.6 Å². The molecule has 0 aliphatic heterocycles. The number of hydrogen-bond donors (Lipinski definition) is 2. The molecule has 0 fully saturated rings. The van der Waals surface area contributed by atoms with Crippen molar-refractivity contribution in [3.05, 3.63) is 26.7 Å². The summed E-state index contributed by atoms with van der Waals surface area (Å²) in [5.74, 6) is -1.85. The molecule has 1 aromatic carbocycles. The Labute approximate surface area is 121 Å². The van der Waals surface area contributed by atoms with Crippen LogP contribution in [-0.4, -0.2) is 18.4 Å². The van der Waals surface area contributed by atoms with Gasteiger partial charge < -0.3 is 10.6 Å². The van der Waals surface area contributed by atoms with Crippen molar-refractivity contribution in [3.63, 3.8) is 0 Å². The van der Waals surface area contributed by atoms with E-state index >= 15 is 0 Å². The second-order valence-corrected chi connectivity index (χ2v) is 4.63. The normalized spacial score (nSPS) is 9.44. The molecule has 1 aromatic rings. The summed E-state index contributed by atoms with van der Waals surface area (Å²) >= 11 is 14.9. The molecule has 0 bridgehead atoms. The zero-order chi connectivity index (χ0) is 13.7. The Morgan fingerprint density at radius 3 is 2.56 bits per heavy atom. The number of nitrogens with zero attached hydrogens (tertiary/aromatic N) is 1. The third-order valence-electron chi connectivity index (χ3n) is 1.82. The number of hydrogen-bond acceptors (Lipinski definition) is 3. The van der Waals surface area contributed by atoms with Crippen molar-refractivity contribution in [2.75, 3.05) is 11.9 Å². The van der Waals surface area contributed by atoms with Crippen LogP contribution in [-0.2, 0) is 9.59 Å². The summed E-state index contributed by atoms with van der Waals surface area (Å²) in [5, 5.41) is 13.0. The van der Waals surface area contributed by atoms with Gasteiger partial charge in [0.25, 0.3) is 0 Å². The van der Waals surface area contributed by atoms with Crippen LogP contribution >= 0.6 is 39.1 Å². The number of nitrogens with one attached hydrogen (secondary N) is 2. The maximum Gasteiger partial charge on any atom is 0.313 e. The molecule has 0 unspecified atom stereocenters. The molecule has 5 nitrogen and oxygen atoms in total. The van der Waals surface area contributed by atoms with E-state index in [1.807, 2.05) is 0 Å². The van der Waals surface area contributed by atoms with Crippen molar-refractivity contribution in [1.29, 1.82) is 5.26 Å². The smallest absolute Gasteiger partial charge is 0.313 e. The van der Waals surface area contributed by atoms with Gasteiger partial charge in [-0.2, -0.15) is 5.26 Å². The maximum absolute atomic E-state index is 11.4. The molecule has 94 valence electrons. The zero-order valence-corrected chi connectivity index (χ0v) is 11.9. The summed E-state index contributed by atoms with van der Waals surface area (Å²) in [4.78, 5) is 22.6. The standard InChI is InChI=1S/C10H6BrCl2N3O2/c11-5-1-2-6(8(13)7(5)12)16-10(18)9(17)15-4-3-14/h1-2H,4H2,(H,15,17)(H,16,18). The van der Waals surface area contributed by atoms with Gasteiger partial charge in [-0.3, -0.25) is 9.59 Å². The molecule has 0 atom stereocenters. The molecule has 0 radical (unpaired) electrons. The molecule has 2 N–H and O–H groups in total. The lowest BCUT2D eigenvalue weighted by molar-refractivity contribution is -0.136. The molecular formula is C10H6BrCl2N3O2. The number of halogens is 3. The number of rotatable bonds is 2. The van der Waals surface area contributed by atoms with Gasteiger partial charge in [0, 0.05) is 4.47 Å². The van der Waals surface area contributed by atoms with Crippen LogP contribution in [0, 0.1) is 11.3 Å². The first-order valence-electron chi connectivity index (χ1n) is 4.57. The Balaban J connectivity index is 2.80. The Bertz CT molecular complexity index is 543. The summed E-state index contributed by atoms with van der Waals surface area (Å²) < 4.78 is 0.570. The number of anilines is 1. The fraction of sp³-hybridized carbons (Fsp3) is 0.100. The summed E-state index contributed by atoms with van der Waals surface area (Å²) in [6, 6.07) is 4.75. The molecule has 0 aliphatic carbocycles. The first-order chi connectivity index (χ1) is 8.47. The van der Waals surface area contributed by atoms with Crippen LogP contribution in [0.4, 0.5) is 5.69 Å². The van der Waals surface area contributed by atoms with Gasteiger partial charge >= 0.3 is 11.8 Å². The van der Waals surface area contributed by atoms with Gasteiger partial charge in [-0.1, -0.05) is 23.2 Å². The van der Waals surface area contributed by atoms with E-state index in [1.54, 1.807) is 12.1 Å². The quantitative estimate of drug-likeness (QED) is 0.488. The first-order valence-corrected chi connectivity index (χ1v) is 6.12. The van der Waals surface area contributed by atoms with Crippen LogP contribution in [0.1, 0.15) is 0 Å². The fourth-order valence-corrected chi connectivity index (χ4v) is 1.82. The van der Waals surface area contributed by atoms with E-state index in [-0.39, 0.29) is 22.3 Å². The molecule has 0 aromatic heterocycles.